The molecular formula is C16H21NO3. The Morgan fingerprint density at radius 2 is 1.75 bits per heavy atom. The largest absolute Gasteiger partial charge is 0.452 e. The Hall–Kier alpha value is -1.84. The second-order valence-corrected chi connectivity index (χ2v) is 5.37. The molecule has 1 heterocycles. The van der Waals surface area contributed by atoms with Gasteiger partial charge in [0.05, 0.1) is 5.56 Å². The van der Waals surface area contributed by atoms with E-state index in [1.54, 1.807) is 24.3 Å². The highest BCUT2D eigenvalue weighted by Gasteiger charge is 2.29. The molecule has 2 unspecified atom stereocenters. The molecule has 4 heteroatoms. The van der Waals surface area contributed by atoms with Crippen molar-refractivity contribution in [3.05, 3.63) is 35.9 Å². The van der Waals surface area contributed by atoms with E-state index < -0.39 is 5.97 Å². The molecule has 1 fully saturated rings. The van der Waals surface area contributed by atoms with E-state index in [4.69, 9.17) is 4.74 Å². The van der Waals surface area contributed by atoms with E-state index in [2.05, 4.69) is 0 Å². The van der Waals surface area contributed by atoms with Gasteiger partial charge in [0.25, 0.3) is 5.91 Å². The van der Waals surface area contributed by atoms with Crippen LogP contribution in [0.3, 0.4) is 0 Å². The molecule has 0 N–H and O–H groups in total. The Balaban J connectivity index is 1.90. The molecule has 0 aromatic heterocycles. The highest BCUT2D eigenvalue weighted by atomic mass is 16.5. The third-order valence-electron chi connectivity index (χ3n) is 3.82. The first-order valence-electron chi connectivity index (χ1n) is 7.13. The smallest absolute Gasteiger partial charge is 0.338 e. The molecule has 4 nitrogen and oxygen atoms in total. The van der Waals surface area contributed by atoms with Crippen LogP contribution in [0.5, 0.6) is 0 Å². The second-order valence-electron chi connectivity index (χ2n) is 5.37. The van der Waals surface area contributed by atoms with Gasteiger partial charge in [0, 0.05) is 12.1 Å². The van der Waals surface area contributed by atoms with Crippen molar-refractivity contribution in [1.82, 2.24) is 4.90 Å². The Bertz CT molecular complexity index is 462. The summed E-state index contributed by atoms with van der Waals surface area (Å²) in [7, 11) is 0. The van der Waals surface area contributed by atoms with Gasteiger partial charge in [-0.05, 0) is 45.2 Å². The molecule has 0 radical (unpaired) electrons. The van der Waals surface area contributed by atoms with E-state index in [1.807, 2.05) is 24.8 Å². The summed E-state index contributed by atoms with van der Waals surface area (Å²) in [6.45, 7) is 3.92. The molecular weight excluding hydrogens is 254 g/mol. The van der Waals surface area contributed by atoms with Gasteiger partial charge < -0.3 is 9.64 Å². The molecule has 1 aromatic rings. The number of ether oxygens (including phenoxy) is 1. The number of hydrogen-bond acceptors (Lipinski definition) is 3. The average Bonchev–Trinajstić information content (AvgIpc) is 2.45. The summed E-state index contributed by atoms with van der Waals surface area (Å²) in [5.41, 5.74) is 0.472. The minimum absolute atomic E-state index is 0.103. The fourth-order valence-electron chi connectivity index (χ4n) is 2.77. The normalized spacial score (nSPS) is 22.4. The third kappa shape index (κ3) is 3.38. The summed E-state index contributed by atoms with van der Waals surface area (Å²) in [5.74, 6) is -0.551. The number of benzene rings is 1. The predicted octanol–water partition coefficient (Wildman–Crippen LogP) is 2.63. The zero-order chi connectivity index (χ0) is 14.5. The molecule has 0 aliphatic carbocycles. The van der Waals surface area contributed by atoms with Gasteiger partial charge in [-0.2, -0.15) is 0 Å². The van der Waals surface area contributed by atoms with Crippen molar-refractivity contribution in [2.45, 2.75) is 45.2 Å². The second kappa shape index (κ2) is 6.55. The number of nitrogens with zero attached hydrogens (tertiary/aromatic N) is 1. The lowest BCUT2D eigenvalue weighted by atomic mass is 9.97. The van der Waals surface area contributed by atoms with Crippen molar-refractivity contribution in [2.24, 2.45) is 0 Å². The fourth-order valence-corrected chi connectivity index (χ4v) is 2.77. The number of hydrogen-bond donors (Lipinski definition) is 0. The first-order valence-corrected chi connectivity index (χ1v) is 7.13. The molecule has 1 amide bonds. The summed E-state index contributed by atoms with van der Waals surface area (Å²) in [6, 6.07) is 9.18. The van der Waals surface area contributed by atoms with E-state index in [0.717, 1.165) is 19.3 Å². The predicted molar refractivity (Wildman–Crippen MR) is 76.3 cm³/mol. The van der Waals surface area contributed by atoms with Crippen molar-refractivity contribution in [1.29, 1.82) is 0 Å². The molecule has 2 rings (SSSR count). The van der Waals surface area contributed by atoms with Gasteiger partial charge in [-0.25, -0.2) is 4.79 Å². The third-order valence-corrected chi connectivity index (χ3v) is 3.82. The summed E-state index contributed by atoms with van der Waals surface area (Å²) < 4.78 is 5.11. The highest BCUT2D eigenvalue weighted by Crippen LogP contribution is 2.22. The standard InChI is InChI=1S/C16H21NO3/c1-12-7-6-8-13(2)17(12)15(18)11-20-16(19)14-9-4-3-5-10-14/h3-5,9-10,12-13H,6-8,11H2,1-2H3. The van der Waals surface area contributed by atoms with Gasteiger partial charge in [-0.1, -0.05) is 18.2 Å². The average molecular weight is 275 g/mol. The molecule has 108 valence electrons. The van der Waals surface area contributed by atoms with Crippen LogP contribution < -0.4 is 0 Å². The topological polar surface area (TPSA) is 46.6 Å². The van der Waals surface area contributed by atoms with E-state index in [1.165, 1.54) is 0 Å². The van der Waals surface area contributed by atoms with Crippen LogP contribution in [0.1, 0.15) is 43.5 Å². The van der Waals surface area contributed by atoms with Crippen molar-refractivity contribution < 1.29 is 14.3 Å². The molecule has 0 bridgehead atoms. The summed E-state index contributed by atoms with van der Waals surface area (Å²) >= 11 is 0. The highest BCUT2D eigenvalue weighted by molar-refractivity contribution is 5.91. The van der Waals surface area contributed by atoms with Gasteiger partial charge >= 0.3 is 5.97 Å². The van der Waals surface area contributed by atoms with Crippen molar-refractivity contribution in [2.75, 3.05) is 6.61 Å². The number of piperidine rings is 1. The maximum absolute atomic E-state index is 12.2. The minimum Gasteiger partial charge on any atom is -0.452 e. The SMILES string of the molecule is CC1CCCC(C)N1C(=O)COC(=O)c1ccccc1. The number of esters is 1. The van der Waals surface area contributed by atoms with Gasteiger partial charge in [-0.15, -0.1) is 0 Å². The number of carbonyl (C=O) groups excluding carboxylic acids is 2. The fraction of sp³-hybridized carbons (Fsp3) is 0.500. The zero-order valence-corrected chi connectivity index (χ0v) is 12.0. The quantitative estimate of drug-likeness (QED) is 0.797. The number of carbonyl (C=O) groups is 2. The van der Waals surface area contributed by atoms with Crippen LogP contribution in [0.25, 0.3) is 0 Å². The van der Waals surface area contributed by atoms with Crippen LogP contribution in [0.4, 0.5) is 0 Å². The molecule has 2 atom stereocenters. The first-order chi connectivity index (χ1) is 9.59. The molecule has 1 aliphatic rings. The Kier molecular flexibility index (Phi) is 4.77. The zero-order valence-electron chi connectivity index (χ0n) is 12.0. The molecule has 1 aliphatic heterocycles. The van der Waals surface area contributed by atoms with Gasteiger partial charge in [0.1, 0.15) is 0 Å². The van der Waals surface area contributed by atoms with E-state index in [0.29, 0.717) is 5.56 Å². The Morgan fingerprint density at radius 3 is 2.35 bits per heavy atom. The molecule has 0 spiro atoms. The van der Waals surface area contributed by atoms with Crippen molar-refractivity contribution >= 4 is 11.9 Å². The van der Waals surface area contributed by atoms with Crippen LogP contribution in [-0.2, 0) is 9.53 Å². The van der Waals surface area contributed by atoms with Crippen LogP contribution in [0.15, 0.2) is 30.3 Å². The van der Waals surface area contributed by atoms with E-state index in [9.17, 15) is 9.59 Å². The maximum atomic E-state index is 12.2. The maximum Gasteiger partial charge on any atom is 0.338 e. The van der Waals surface area contributed by atoms with Gasteiger partial charge in [-0.3, -0.25) is 4.79 Å². The Morgan fingerprint density at radius 1 is 1.15 bits per heavy atom. The number of likely N-dealkylation sites (tertiary alicyclic amines) is 1. The molecule has 0 saturated carbocycles. The first kappa shape index (κ1) is 14.6. The number of rotatable bonds is 3. The molecule has 20 heavy (non-hydrogen) atoms. The monoisotopic (exact) mass is 275 g/mol. The van der Waals surface area contributed by atoms with Gasteiger partial charge in [0.15, 0.2) is 6.61 Å². The lowest BCUT2D eigenvalue weighted by Gasteiger charge is -2.38. The van der Waals surface area contributed by atoms with Crippen LogP contribution in [0, 0.1) is 0 Å². The number of amides is 1. The summed E-state index contributed by atoms with van der Waals surface area (Å²) in [5, 5.41) is 0. The summed E-state index contributed by atoms with van der Waals surface area (Å²) in [6.07, 6.45) is 3.18. The molecule has 1 aromatic carbocycles. The van der Waals surface area contributed by atoms with Gasteiger partial charge in [0.2, 0.25) is 0 Å². The van der Waals surface area contributed by atoms with Crippen LogP contribution >= 0.6 is 0 Å². The Labute approximate surface area is 119 Å². The minimum atomic E-state index is -0.448. The van der Waals surface area contributed by atoms with Crippen molar-refractivity contribution in [3.8, 4) is 0 Å². The van der Waals surface area contributed by atoms with E-state index in [-0.39, 0.29) is 24.6 Å². The van der Waals surface area contributed by atoms with E-state index >= 15 is 0 Å². The lowest BCUT2D eigenvalue weighted by Crippen LogP contribution is -2.49. The van der Waals surface area contributed by atoms with Crippen molar-refractivity contribution in [3.63, 3.8) is 0 Å². The lowest BCUT2D eigenvalue weighted by molar-refractivity contribution is -0.140. The summed E-state index contributed by atoms with van der Waals surface area (Å²) in [4.78, 5) is 25.9. The molecule has 1 saturated heterocycles. The van der Waals surface area contributed by atoms with Crippen LogP contribution in [-0.4, -0.2) is 35.5 Å². The van der Waals surface area contributed by atoms with Crippen LogP contribution in [0.2, 0.25) is 0 Å².